The second-order valence-electron chi connectivity index (χ2n) is 4.30. The van der Waals surface area contributed by atoms with E-state index in [9.17, 15) is 9.59 Å². The number of carbonyl (C=O) groups is 2. The normalized spacial score (nSPS) is 10.8. The first-order valence-electron chi connectivity index (χ1n) is 5.95. The highest BCUT2D eigenvalue weighted by Gasteiger charge is 2.07. The minimum absolute atomic E-state index is 0.0934. The van der Waals surface area contributed by atoms with Crippen molar-refractivity contribution in [3.05, 3.63) is 52.3 Å². The number of aromatic carboxylic acids is 1. The number of nitrogens with zero attached hydrogens (tertiary/aromatic N) is 2. The van der Waals surface area contributed by atoms with Crippen LogP contribution in [-0.4, -0.2) is 26.8 Å². The van der Waals surface area contributed by atoms with Crippen LogP contribution in [0.15, 0.2) is 41.1 Å². The number of rotatable bonds is 4. The fourth-order valence-corrected chi connectivity index (χ4v) is 2.16. The second-order valence-corrected chi connectivity index (χ2v) is 5.22. The number of nitrogens with one attached hydrogen (secondary N) is 1. The molecule has 1 amide bonds. The zero-order chi connectivity index (χ0) is 15.4. The van der Waals surface area contributed by atoms with Crippen LogP contribution in [0.2, 0.25) is 0 Å². The number of carboxylic acids is 1. The van der Waals surface area contributed by atoms with Gasteiger partial charge in [-0.05, 0) is 24.3 Å². The third kappa shape index (κ3) is 4.28. The molecular formula is C14H12BrN3O3. The Morgan fingerprint density at radius 2 is 2.14 bits per heavy atom. The van der Waals surface area contributed by atoms with Gasteiger partial charge in [0, 0.05) is 35.0 Å². The number of anilines is 1. The Labute approximate surface area is 129 Å². The average molecular weight is 350 g/mol. The molecule has 1 aromatic heterocycles. The fourth-order valence-electron chi connectivity index (χ4n) is 1.67. The molecule has 1 heterocycles. The summed E-state index contributed by atoms with van der Waals surface area (Å²) in [5.74, 6) is -1.41. The number of aromatic nitrogens is 2. The minimum Gasteiger partial charge on any atom is -0.478 e. The summed E-state index contributed by atoms with van der Waals surface area (Å²) >= 11 is 3.21. The van der Waals surface area contributed by atoms with Gasteiger partial charge in [0.1, 0.15) is 0 Å². The second kappa shape index (κ2) is 6.36. The van der Waals surface area contributed by atoms with Gasteiger partial charge in [0.2, 0.25) is 5.91 Å². The monoisotopic (exact) mass is 349 g/mol. The van der Waals surface area contributed by atoms with Crippen LogP contribution in [0.1, 0.15) is 15.9 Å². The number of carbonyl (C=O) groups excluding carboxylic acids is 1. The number of halogens is 1. The van der Waals surface area contributed by atoms with Gasteiger partial charge in [-0.3, -0.25) is 9.48 Å². The molecule has 0 aliphatic rings. The zero-order valence-corrected chi connectivity index (χ0v) is 12.7. The molecule has 0 spiro atoms. The standard InChI is InChI=1S/C14H12BrN3O3/c1-18-8-9(7-16-18)2-3-13(19)17-12-5-10(14(20)21)4-11(15)6-12/h2-8H,1H3,(H,17,19)(H,20,21)/b3-2+. The highest BCUT2D eigenvalue weighted by atomic mass is 79.9. The summed E-state index contributed by atoms with van der Waals surface area (Å²) in [6.07, 6.45) is 6.38. The van der Waals surface area contributed by atoms with Crippen molar-refractivity contribution in [1.29, 1.82) is 0 Å². The number of hydrogen-bond acceptors (Lipinski definition) is 3. The van der Waals surface area contributed by atoms with E-state index in [4.69, 9.17) is 5.11 Å². The van der Waals surface area contributed by atoms with Crippen LogP contribution < -0.4 is 5.32 Å². The summed E-state index contributed by atoms with van der Waals surface area (Å²) in [5, 5.41) is 15.6. The highest BCUT2D eigenvalue weighted by Crippen LogP contribution is 2.19. The molecule has 0 saturated heterocycles. The largest absolute Gasteiger partial charge is 0.478 e. The van der Waals surface area contributed by atoms with E-state index in [0.29, 0.717) is 10.2 Å². The van der Waals surface area contributed by atoms with Crippen molar-refractivity contribution in [2.24, 2.45) is 7.05 Å². The number of benzene rings is 1. The molecule has 0 aliphatic carbocycles. The van der Waals surface area contributed by atoms with E-state index in [1.165, 1.54) is 18.2 Å². The lowest BCUT2D eigenvalue weighted by Gasteiger charge is -2.04. The van der Waals surface area contributed by atoms with E-state index in [0.717, 1.165) is 5.56 Å². The maximum atomic E-state index is 11.8. The maximum absolute atomic E-state index is 11.8. The lowest BCUT2D eigenvalue weighted by atomic mass is 10.2. The Hall–Kier alpha value is -2.41. The molecule has 7 heteroatoms. The number of aryl methyl sites for hydroxylation is 1. The molecule has 21 heavy (non-hydrogen) atoms. The molecule has 2 aromatic rings. The van der Waals surface area contributed by atoms with Crippen LogP contribution in [0.5, 0.6) is 0 Å². The molecule has 2 rings (SSSR count). The Kier molecular flexibility index (Phi) is 4.54. The van der Waals surface area contributed by atoms with Crippen LogP contribution in [0, 0.1) is 0 Å². The van der Waals surface area contributed by atoms with Crippen molar-refractivity contribution in [2.45, 2.75) is 0 Å². The maximum Gasteiger partial charge on any atom is 0.335 e. The highest BCUT2D eigenvalue weighted by molar-refractivity contribution is 9.10. The summed E-state index contributed by atoms with van der Waals surface area (Å²) in [7, 11) is 1.78. The van der Waals surface area contributed by atoms with E-state index in [-0.39, 0.29) is 11.5 Å². The van der Waals surface area contributed by atoms with Crippen molar-refractivity contribution in [3.63, 3.8) is 0 Å². The Bertz CT molecular complexity index is 722. The van der Waals surface area contributed by atoms with Gasteiger partial charge in [0.15, 0.2) is 0 Å². The van der Waals surface area contributed by atoms with Gasteiger partial charge in [-0.15, -0.1) is 0 Å². The SMILES string of the molecule is Cn1cc(/C=C/C(=O)Nc2cc(Br)cc(C(=O)O)c2)cn1. The Morgan fingerprint density at radius 3 is 2.76 bits per heavy atom. The molecule has 0 atom stereocenters. The third-order valence-corrected chi connectivity index (χ3v) is 3.02. The summed E-state index contributed by atoms with van der Waals surface area (Å²) in [6, 6.07) is 4.48. The van der Waals surface area contributed by atoms with Crippen LogP contribution in [-0.2, 0) is 11.8 Å². The smallest absolute Gasteiger partial charge is 0.335 e. The van der Waals surface area contributed by atoms with Gasteiger partial charge in [-0.25, -0.2) is 4.79 Å². The topological polar surface area (TPSA) is 84.2 Å². The first-order valence-corrected chi connectivity index (χ1v) is 6.75. The van der Waals surface area contributed by atoms with Gasteiger partial charge < -0.3 is 10.4 Å². The predicted molar refractivity (Wildman–Crippen MR) is 82.0 cm³/mol. The van der Waals surface area contributed by atoms with Crippen LogP contribution in [0.25, 0.3) is 6.08 Å². The van der Waals surface area contributed by atoms with Crippen LogP contribution in [0.3, 0.4) is 0 Å². The molecule has 0 unspecified atom stereocenters. The molecule has 0 radical (unpaired) electrons. The van der Waals surface area contributed by atoms with E-state index in [1.807, 2.05) is 0 Å². The van der Waals surface area contributed by atoms with E-state index in [2.05, 4.69) is 26.3 Å². The number of hydrogen-bond donors (Lipinski definition) is 2. The van der Waals surface area contributed by atoms with Crippen molar-refractivity contribution in [1.82, 2.24) is 9.78 Å². The van der Waals surface area contributed by atoms with Gasteiger partial charge in [0.05, 0.1) is 11.8 Å². The lowest BCUT2D eigenvalue weighted by Crippen LogP contribution is -2.08. The summed E-state index contributed by atoms with van der Waals surface area (Å²) in [6.45, 7) is 0. The molecule has 0 fully saturated rings. The molecule has 108 valence electrons. The van der Waals surface area contributed by atoms with Crippen LogP contribution in [0.4, 0.5) is 5.69 Å². The van der Waals surface area contributed by atoms with Gasteiger partial charge in [-0.1, -0.05) is 15.9 Å². The molecule has 1 aromatic carbocycles. The Balaban J connectivity index is 2.09. The van der Waals surface area contributed by atoms with E-state index in [1.54, 1.807) is 36.3 Å². The molecule has 6 nitrogen and oxygen atoms in total. The Morgan fingerprint density at radius 1 is 1.38 bits per heavy atom. The molecular weight excluding hydrogens is 338 g/mol. The number of carboxylic acid groups (broad SMARTS) is 1. The first-order chi connectivity index (χ1) is 9.94. The zero-order valence-electron chi connectivity index (χ0n) is 11.1. The first kappa shape index (κ1) is 15.0. The molecule has 0 bridgehead atoms. The van der Waals surface area contributed by atoms with Crippen molar-refractivity contribution >= 4 is 39.6 Å². The predicted octanol–water partition coefficient (Wildman–Crippen LogP) is 2.53. The minimum atomic E-state index is -1.06. The van der Waals surface area contributed by atoms with Crippen molar-refractivity contribution in [3.8, 4) is 0 Å². The fraction of sp³-hybridized carbons (Fsp3) is 0.0714. The van der Waals surface area contributed by atoms with E-state index >= 15 is 0 Å². The van der Waals surface area contributed by atoms with Gasteiger partial charge in [-0.2, -0.15) is 5.10 Å². The average Bonchev–Trinajstić information content (AvgIpc) is 2.81. The van der Waals surface area contributed by atoms with Gasteiger partial charge >= 0.3 is 5.97 Å². The quantitative estimate of drug-likeness (QED) is 0.830. The molecule has 2 N–H and O–H groups in total. The lowest BCUT2D eigenvalue weighted by molar-refractivity contribution is -0.111. The third-order valence-electron chi connectivity index (χ3n) is 2.56. The van der Waals surface area contributed by atoms with E-state index < -0.39 is 5.97 Å². The number of amides is 1. The van der Waals surface area contributed by atoms with Gasteiger partial charge in [0.25, 0.3) is 0 Å². The molecule has 0 saturated carbocycles. The summed E-state index contributed by atoms with van der Waals surface area (Å²) < 4.78 is 2.21. The van der Waals surface area contributed by atoms with Crippen molar-refractivity contribution < 1.29 is 14.7 Å². The molecule has 0 aliphatic heterocycles. The van der Waals surface area contributed by atoms with Crippen molar-refractivity contribution in [2.75, 3.05) is 5.32 Å². The van der Waals surface area contributed by atoms with Crippen LogP contribution >= 0.6 is 15.9 Å². The summed E-state index contributed by atoms with van der Waals surface area (Å²) in [5.41, 5.74) is 1.30. The summed E-state index contributed by atoms with van der Waals surface area (Å²) in [4.78, 5) is 22.7.